The molecule has 1 aliphatic carbocycles. The fourth-order valence-electron chi connectivity index (χ4n) is 4.53. The van der Waals surface area contributed by atoms with Crippen LogP contribution in [0.3, 0.4) is 0 Å². The lowest BCUT2D eigenvalue weighted by atomic mass is 9.80. The molecule has 27 heavy (non-hydrogen) atoms. The van der Waals surface area contributed by atoms with Crippen molar-refractivity contribution in [2.24, 2.45) is 5.92 Å². The van der Waals surface area contributed by atoms with Crippen LogP contribution in [-0.2, 0) is 11.2 Å². The molecule has 4 heteroatoms. The molecule has 2 aromatic carbocycles. The monoisotopic (exact) mass is 362 g/mol. The van der Waals surface area contributed by atoms with E-state index >= 15 is 0 Å². The molecule has 2 unspecified atom stereocenters. The lowest BCUT2D eigenvalue weighted by molar-refractivity contribution is -0.130. The number of carbonyl (C=O) groups is 2. The number of nitrogens with zero attached hydrogens (tertiary/aromatic N) is 1. The lowest BCUT2D eigenvalue weighted by Crippen LogP contribution is -2.40. The van der Waals surface area contributed by atoms with Gasteiger partial charge in [-0.05, 0) is 29.9 Å². The predicted octanol–water partition coefficient (Wildman–Crippen LogP) is 4.47. The molecular formula is C23H26N2O2. The normalized spacial score (nSPS) is 21.9. The zero-order chi connectivity index (χ0) is 18.6. The van der Waals surface area contributed by atoms with E-state index < -0.39 is 6.04 Å². The molecule has 0 radical (unpaired) electrons. The molecule has 1 saturated heterocycles. The number of rotatable bonds is 5. The van der Waals surface area contributed by atoms with E-state index in [1.165, 1.54) is 24.2 Å². The Morgan fingerprint density at radius 2 is 1.52 bits per heavy atom. The summed E-state index contributed by atoms with van der Waals surface area (Å²) in [6, 6.07) is 19.0. The van der Waals surface area contributed by atoms with E-state index in [4.69, 9.17) is 0 Å². The second-order valence-electron chi connectivity index (χ2n) is 7.65. The van der Waals surface area contributed by atoms with Gasteiger partial charge >= 0.3 is 6.03 Å². The maximum atomic E-state index is 13.2. The van der Waals surface area contributed by atoms with Crippen LogP contribution >= 0.6 is 0 Å². The molecular weight excluding hydrogens is 336 g/mol. The van der Waals surface area contributed by atoms with Crippen LogP contribution in [0, 0.1) is 5.92 Å². The summed E-state index contributed by atoms with van der Waals surface area (Å²) in [7, 11) is 0. The molecule has 0 bridgehead atoms. The molecule has 1 saturated carbocycles. The van der Waals surface area contributed by atoms with Crippen molar-refractivity contribution in [2.75, 3.05) is 0 Å². The van der Waals surface area contributed by atoms with Crippen LogP contribution < -0.4 is 5.32 Å². The Labute approximate surface area is 160 Å². The van der Waals surface area contributed by atoms with Crippen molar-refractivity contribution in [2.45, 2.75) is 50.6 Å². The number of hydrogen-bond acceptors (Lipinski definition) is 2. The van der Waals surface area contributed by atoms with E-state index in [-0.39, 0.29) is 18.0 Å². The minimum Gasteiger partial charge on any atom is -0.325 e. The highest BCUT2D eigenvalue weighted by molar-refractivity contribution is 6.04. The predicted molar refractivity (Wildman–Crippen MR) is 105 cm³/mol. The lowest BCUT2D eigenvalue weighted by Gasteiger charge is -2.35. The summed E-state index contributed by atoms with van der Waals surface area (Å²) in [6.07, 6.45) is 6.26. The minimum atomic E-state index is -0.477. The number of urea groups is 1. The van der Waals surface area contributed by atoms with E-state index in [1.807, 2.05) is 60.7 Å². The fourth-order valence-corrected chi connectivity index (χ4v) is 4.53. The largest absolute Gasteiger partial charge is 0.325 e. The molecule has 140 valence electrons. The first-order valence-electron chi connectivity index (χ1n) is 9.96. The topological polar surface area (TPSA) is 49.4 Å². The smallest absolute Gasteiger partial charge is 0.325 e. The Morgan fingerprint density at radius 3 is 2.19 bits per heavy atom. The van der Waals surface area contributed by atoms with Crippen LogP contribution in [0.4, 0.5) is 4.79 Å². The molecule has 3 amide bonds. The molecule has 2 aromatic rings. The summed E-state index contributed by atoms with van der Waals surface area (Å²) < 4.78 is 0. The molecule has 1 aliphatic heterocycles. The van der Waals surface area contributed by atoms with E-state index in [0.29, 0.717) is 12.3 Å². The molecule has 1 N–H and O–H groups in total. The van der Waals surface area contributed by atoms with Crippen molar-refractivity contribution in [3.63, 3.8) is 0 Å². The molecule has 4 nitrogen and oxygen atoms in total. The molecule has 2 fully saturated rings. The zero-order valence-electron chi connectivity index (χ0n) is 15.5. The van der Waals surface area contributed by atoms with Gasteiger partial charge in [0.25, 0.3) is 5.91 Å². The maximum Gasteiger partial charge on any atom is 0.325 e. The first kappa shape index (κ1) is 17.8. The van der Waals surface area contributed by atoms with Gasteiger partial charge in [0.05, 0.1) is 6.04 Å². The summed E-state index contributed by atoms with van der Waals surface area (Å²) >= 11 is 0. The maximum absolute atomic E-state index is 13.2. The Hall–Kier alpha value is -2.62. The summed E-state index contributed by atoms with van der Waals surface area (Å²) in [6.45, 7) is 0. The second-order valence-corrected chi connectivity index (χ2v) is 7.65. The highest BCUT2D eigenvalue weighted by Crippen LogP contribution is 2.39. The van der Waals surface area contributed by atoms with Gasteiger partial charge in [-0.15, -0.1) is 0 Å². The Balaban J connectivity index is 1.61. The summed E-state index contributed by atoms with van der Waals surface area (Å²) in [4.78, 5) is 27.6. The van der Waals surface area contributed by atoms with Gasteiger partial charge in [-0.3, -0.25) is 9.69 Å². The summed E-state index contributed by atoms with van der Waals surface area (Å²) in [5, 5.41) is 2.93. The number of carbonyl (C=O) groups excluding carboxylic acids is 2. The zero-order valence-corrected chi connectivity index (χ0v) is 15.5. The van der Waals surface area contributed by atoms with Gasteiger partial charge in [0.2, 0.25) is 0 Å². The van der Waals surface area contributed by atoms with Gasteiger partial charge in [-0.25, -0.2) is 4.79 Å². The van der Waals surface area contributed by atoms with E-state index in [0.717, 1.165) is 24.0 Å². The van der Waals surface area contributed by atoms with Crippen LogP contribution in [0.15, 0.2) is 60.7 Å². The Bertz CT molecular complexity index is 785. The van der Waals surface area contributed by atoms with Crippen LogP contribution in [0.2, 0.25) is 0 Å². The molecule has 2 atom stereocenters. The minimum absolute atomic E-state index is 0.0942. The third-order valence-electron chi connectivity index (χ3n) is 5.85. The summed E-state index contributed by atoms with van der Waals surface area (Å²) in [5.74, 6) is 0.245. The number of benzene rings is 2. The van der Waals surface area contributed by atoms with Crippen molar-refractivity contribution in [1.82, 2.24) is 10.2 Å². The van der Waals surface area contributed by atoms with Crippen molar-refractivity contribution in [3.05, 3.63) is 71.8 Å². The molecule has 2 aliphatic rings. The Morgan fingerprint density at radius 1 is 0.889 bits per heavy atom. The van der Waals surface area contributed by atoms with Gasteiger partial charge in [0, 0.05) is 6.42 Å². The average Bonchev–Trinajstić information content (AvgIpc) is 2.98. The van der Waals surface area contributed by atoms with E-state index in [9.17, 15) is 9.59 Å². The number of amides is 3. The first-order valence-corrected chi connectivity index (χ1v) is 9.96. The SMILES string of the molecule is O=C1NC(Cc2ccccc2)C(=O)N1C(c1ccccc1)C1CCCCC1. The van der Waals surface area contributed by atoms with E-state index in [2.05, 4.69) is 5.32 Å². The molecule has 0 aromatic heterocycles. The van der Waals surface area contributed by atoms with Gasteiger partial charge in [0.1, 0.15) is 6.04 Å². The van der Waals surface area contributed by atoms with Crippen molar-refractivity contribution >= 4 is 11.9 Å². The number of imide groups is 1. The van der Waals surface area contributed by atoms with Crippen molar-refractivity contribution < 1.29 is 9.59 Å². The number of hydrogen-bond donors (Lipinski definition) is 1. The Kier molecular flexibility index (Phi) is 5.23. The van der Waals surface area contributed by atoms with Crippen molar-refractivity contribution in [1.29, 1.82) is 0 Å². The standard InChI is InChI=1S/C23H26N2O2/c26-22-20(16-17-10-4-1-5-11-17)24-23(27)25(22)21(18-12-6-2-7-13-18)19-14-8-3-9-15-19/h1-2,4-7,10-13,19-21H,3,8-9,14-16H2,(H,24,27). The van der Waals surface area contributed by atoms with Gasteiger partial charge in [0.15, 0.2) is 0 Å². The van der Waals surface area contributed by atoms with Crippen LogP contribution in [0.1, 0.15) is 49.3 Å². The van der Waals surface area contributed by atoms with Crippen LogP contribution in [0.5, 0.6) is 0 Å². The third kappa shape index (κ3) is 3.75. The van der Waals surface area contributed by atoms with Gasteiger partial charge in [-0.1, -0.05) is 79.9 Å². The first-order chi connectivity index (χ1) is 13.2. The van der Waals surface area contributed by atoms with Crippen LogP contribution in [0.25, 0.3) is 0 Å². The van der Waals surface area contributed by atoms with Crippen LogP contribution in [-0.4, -0.2) is 22.9 Å². The molecule has 1 heterocycles. The molecule has 0 spiro atoms. The number of nitrogens with one attached hydrogen (secondary N) is 1. The fraction of sp³-hybridized carbons (Fsp3) is 0.391. The summed E-state index contributed by atoms with van der Waals surface area (Å²) in [5.41, 5.74) is 2.13. The van der Waals surface area contributed by atoms with Gasteiger partial charge < -0.3 is 5.32 Å². The molecule has 4 rings (SSSR count). The third-order valence-corrected chi connectivity index (χ3v) is 5.85. The van der Waals surface area contributed by atoms with E-state index in [1.54, 1.807) is 0 Å². The van der Waals surface area contributed by atoms with Crippen molar-refractivity contribution in [3.8, 4) is 0 Å². The second kappa shape index (κ2) is 7.95. The quantitative estimate of drug-likeness (QED) is 0.798. The van der Waals surface area contributed by atoms with Gasteiger partial charge in [-0.2, -0.15) is 0 Å². The average molecular weight is 362 g/mol. The highest BCUT2D eigenvalue weighted by Gasteiger charge is 2.45. The highest BCUT2D eigenvalue weighted by atomic mass is 16.2.